The Morgan fingerprint density at radius 2 is 1.93 bits per heavy atom. The van der Waals surface area contributed by atoms with Crippen molar-refractivity contribution >= 4 is 8.07 Å². The molecule has 1 aliphatic rings. The molecule has 27 heavy (non-hydrogen) atoms. The highest BCUT2D eigenvalue weighted by Gasteiger charge is 2.24. The first-order valence-electron chi connectivity index (χ1n) is 10.6. The molecule has 1 saturated heterocycles. The van der Waals surface area contributed by atoms with Crippen LogP contribution in [0.1, 0.15) is 63.9 Å². The van der Waals surface area contributed by atoms with E-state index in [4.69, 9.17) is 9.47 Å². The lowest BCUT2D eigenvalue weighted by molar-refractivity contribution is -0.168. The van der Waals surface area contributed by atoms with Crippen molar-refractivity contribution in [3.8, 4) is 11.8 Å². The second kappa shape index (κ2) is 11.4. The minimum atomic E-state index is -1.57. The lowest BCUT2D eigenvalue weighted by Crippen LogP contribution is -2.29. The van der Waals surface area contributed by atoms with Gasteiger partial charge in [0.15, 0.2) is 6.29 Å². The molecule has 0 spiro atoms. The summed E-state index contributed by atoms with van der Waals surface area (Å²) in [6.07, 6.45) is 11.8. The lowest BCUT2D eigenvalue weighted by Gasteiger charge is -2.30. The number of rotatable bonds is 8. The molecule has 1 aromatic rings. The van der Waals surface area contributed by atoms with Gasteiger partial charge in [-0.1, -0.05) is 82.3 Å². The molecule has 1 aromatic carbocycles. The minimum Gasteiger partial charge on any atom is -0.472 e. The zero-order chi connectivity index (χ0) is 19.5. The van der Waals surface area contributed by atoms with Crippen molar-refractivity contribution in [1.82, 2.24) is 0 Å². The fourth-order valence-corrected chi connectivity index (χ4v) is 4.03. The highest BCUT2D eigenvalue weighted by atomic mass is 28.3. The Hall–Kier alpha value is -1.50. The Kier molecular flexibility index (Phi) is 9.17. The van der Waals surface area contributed by atoms with E-state index in [9.17, 15) is 0 Å². The first-order valence-corrected chi connectivity index (χ1v) is 14.1. The maximum absolute atomic E-state index is 6.19. The first-order chi connectivity index (χ1) is 13.0. The summed E-state index contributed by atoms with van der Waals surface area (Å²) >= 11 is 0. The van der Waals surface area contributed by atoms with Crippen LogP contribution in [0.25, 0.3) is 0 Å². The Morgan fingerprint density at radius 1 is 1.15 bits per heavy atom. The van der Waals surface area contributed by atoms with Crippen molar-refractivity contribution < 1.29 is 9.47 Å². The number of allylic oxidation sites excluding steroid dienone is 1. The summed E-state index contributed by atoms with van der Waals surface area (Å²) in [4.78, 5) is 0. The topological polar surface area (TPSA) is 18.5 Å². The second-order valence-corrected chi connectivity index (χ2v) is 13.5. The molecule has 2 atom stereocenters. The van der Waals surface area contributed by atoms with Crippen LogP contribution in [0, 0.1) is 11.8 Å². The van der Waals surface area contributed by atoms with E-state index >= 15 is 0 Å². The van der Waals surface area contributed by atoms with Gasteiger partial charge in [-0.3, -0.25) is 0 Å². The molecule has 3 heteroatoms. The highest BCUT2D eigenvalue weighted by Crippen LogP contribution is 2.25. The summed E-state index contributed by atoms with van der Waals surface area (Å²) in [6, 6.07) is 10.2. The number of unbranched alkanes of at least 4 members (excludes halogenated alkanes) is 3. The quantitative estimate of drug-likeness (QED) is 0.215. The molecule has 1 aliphatic heterocycles. The van der Waals surface area contributed by atoms with E-state index in [1.807, 2.05) is 36.6 Å². The van der Waals surface area contributed by atoms with E-state index in [-0.39, 0.29) is 6.29 Å². The van der Waals surface area contributed by atoms with Gasteiger partial charge >= 0.3 is 0 Å². The molecule has 0 N–H and O–H groups in total. The Labute approximate surface area is 167 Å². The molecular formula is C24H36O2Si. The molecule has 0 aliphatic carbocycles. The van der Waals surface area contributed by atoms with Crippen molar-refractivity contribution in [2.24, 2.45) is 0 Å². The minimum absolute atomic E-state index is 0.111. The summed E-state index contributed by atoms with van der Waals surface area (Å²) in [5.74, 6) is 6.65. The summed E-state index contributed by atoms with van der Waals surface area (Å²) in [7, 11) is -1.57. The first kappa shape index (κ1) is 21.8. The van der Waals surface area contributed by atoms with E-state index < -0.39 is 8.07 Å². The van der Waals surface area contributed by atoms with Crippen molar-refractivity contribution in [3.05, 3.63) is 47.4 Å². The summed E-state index contributed by atoms with van der Waals surface area (Å²) in [5, 5.41) is 1.14. The van der Waals surface area contributed by atoms with Crippen LogP contribution < -0.4 is 0 Å². The maximum Gasteiger partial charge on any atom is 0.199 e. The van der Waals surface area contributed by atoms with Crippen LogP contribution in [-0.4, -0.2) is 20.5 Å². The average molecular weight is 385 g/mol. The summed E-state index contributed by atoms with van der Waals surface area (Å²) in [6.45, 7) is 9.17. The molecular weight excluding hydrogens is 348 g/mol. The molecule has 148 valence electrons. The average Bonchev–Trinajstić information content (AvgIpc) is 2.65. The summed E-state index contributed by atoms with van der Waals surface area (Å²) < 4.78 is 12.3. The molecule has 0 radical (unpaired) electrons. The van der Waals surface area contributed by atoms with Crippen molar-refractivity contribution in [2.45, 2.75) is 90.3 Å². The van der Waals surface area contributed by atoms with E-state index in [0.717, 1.165) is 23.6 Å². The van der Waals surface area contributed by atoms with Crippen LogP contribution in [0.15, 0.2) is 41.8 Å². The van der Waals surface area contributed by atoms with Crippen LogP contribution in [0.2, 0.25) is 19.6 Å². The standard InChI is InChI=1S/C24H36O2Si/c1-5-6-7-11-15-22-16-12-17-24(26-22)25-20-23(27(2,3)4)19-18-21-13-9-8-10-14-21/h8-10,13-14,20,22,24H,5-7,11-12,15-17H2,1-4H3/b23-20-/t22-,24+/m0/s1. The third-order valence-corrected chi connectivity index (χ3v) is 6.81. The predicted molar refractivity (Wildman–Crippen MR) is 117 cm³/mol. The third-order valence-electron chi connectivity index (χ3n) is 4.95. The van der Waals surface area contributed by atoms with Gasteiger partial charge in [-0.15, -0.1) is 0 Å². The lowest BCUT2D eigenvalue weighted by atomic mass is 10.0. The Bertz CT molecular complexity index is 634. The van der Waals surface area contributed by atoms with Crippen molar-refractivity contribution in [3.63, 3.8) is 0 Å². The van der Waals surface area contributed by atoms with Gasteiger partial charge in [-0.25, -0.2) is 0 Å². The zero-order valence-corrected chi connectivity index (χ0v) is 18.6. The Balaban J connectivity index is 1.94. The van der Waals surface area contributed by atoms with E-state index in [0.29, 0.717) is 6.10 Å². The zero-order valence-electron chi connectivity index (χ0n) is 17.6. The van der Waals surface area contributed by atoms with Gasteiger partial charge in [0.2, 0.25) is 0 Å². The van der Waals surface area contributed by atoms with E-state index in [2.05, 4.69) is 38.4 Å². The number of hydrogen-bond acceptors (Lipinski definition) is 2. The fourth-order valence-electron chi connectivity index (χ4n) is 3.17. The van der Waals surface area contributed by atoms with Crippen molar-refractivity contribution in [1.29, 1.82) is 0 Å². The fraction of sp³-hybridized carbons (Fsp3) is 0.583. The molecule has 0 aromatic heterocycles. The van der Waals surface area contributed by atoms with Gasteiger partial charge in [0, 0.05) is 17.2 Å². The van der Waals surface area contributed by atoms with Crippen LogP contribution in [-0.2, 0) is 9.47 Å². The largest absolute Gasteiger partial charge is 0.472 e. The second-order valence-electron chi connectivity index (χ2n) is 8.50. The molecule has 1 heterocycles. The van der Waals surface area contributed by atoms with Gasteiger partial charge in [0.05, 0.1) is 20.4 Å². The molecule has 0 unspecified atom stereocenters. The van der Waals surface area contributed by atoms with E-state index in [1.165, 1.54) is 38.5 Å². The van der Waals surface area contributed by atoms with Crippen molar-refractivity contribution in [2.75, 3.05) is 0 Å². The molecule has 2 rings (SSSR count). The smallest absolute Gasteiger partial charge is 0.199 e. The summed E-state index contributed by atoms with van der Waals surface area (Å²) in [5.41, 5.74) is 1.04. The molecule has 1 fully saturated rings. The van der Waals surface area contributed by atoms with Crippen LogP contribution >= 0.6 is 0 Å². The molecule has 0 amide bonds. The van der Waals surface area contributed by atoms with E-state index in [1.54, 1.807) is 0 Å². The molecule has 0 saturated carbocycles. The molecule has 0 bridgehead atoms. The van der Waals surface area contributed by atoms with Gasteiger partial charge in [0.25, 0.3) is 0 Å². The van der Waals surface area contributed by atoms with Crippen LogP contribution in [0.4, 0.5) is 0 Å². The van der Waals surface area contributed by atoms with Gasteiger partial charge in [-0.05, 0) is 31.4 Å². The van der Waals surface area contributed by atoms with Gasteiger partial charge in [0.1, 0.15) is 0 Å². The molecule has 2 nitrogen and oxygen atoms in total. The highest BCUT2D eigenvalue weighted by molar-refractivity contribution is 6.84. The number of hydrogen-bond donors (Lipinski definition) is 0. The number of ether oxygens (including phenoxy) is 2. The van der Waals surface area contributed by atoms with Gasteiger partial charge < -0.3 is 9.47 Å². The van der Waals surface area contributed by atoms with Gasteiger partial charge in [-0.2, -0.15) is 0 Å². The predicted octanol–water partition coefficient (Wildman–Crippen LogP) is 6.68. The third kappa shape index (κ3) is 8.37. The Morgan fingerprint density at radius 3 is 2.63 bits per heavy atom. The number of benzene rings is 1. The van der Waals surface area contributed by atoms with Crippen LogP contribution in [0.5, 0.6) is 0 Å². The SMILES string of the molecule is CCCCCC[C@H]1CCC[C@H](O/C=C(/C#Cc2ccccc2)[Si](C)(C)C)O1. The normalized spacial score (nSPS) is 20.7. The monoisotopic (exact) mass is 384 g/mol. The maximum atomic E-state index is 6.19. The van der Waals surface area contributed by atoms with Crippen LogP contribution in [0.3, 0.4) is 0 Å².